The second kappa shape index (κ2) is 10.2. The summed E-state index contributed by atoms with van der Waals surface area (Å²) >= 11 is 1.26. The number of rotatable bonds is 7. The minimum atomic E-state index is -4.06. The van der Waals surface area contributed by atoms with E-state index in [1.165, 1.54) is 38.5 Å². The number of carbonyl (C=O) groups is 2. The lowest BCUT2D eigenvalue weighted by molar-refractivity contribution is 0.0687. The van der Waals surface area contributed by atoms with Crippen LogP contribution < -0.4 is 10.1 Å². The lowest BCUT2D eigenvalue weighted by atomic mass is 10.1. The number of hydrogen-bond donors (Lipinski definition) is 2. The van der Waals surface area contributed by atoms with Crippen LogP contribution in [0.25, 0.3) is 0 Å². The number of aromatic nitrogens is 2. The Balaban J connectivity index is 1.81. The molecule has 0 atom stereocenters. The number of ether oxygens (including phenoxy) is 2. The Morgan fingerprint density at radius 1 is 1.19 bits per heavy atom. The first-order valence-electron chi connectivity index (χ1n) is 11.5. The van der Waals surface area contributed by atoms with Gasteiger partial charge in [-0.3, -0.25) is 4.79 Å². The maximum atomic E-state index is 13.7. The molecule has 0 spiro atoms. The van der Waals surface area contributed by atoms with Gasteiger partial charge in [0.1, 0.15) is 10.6 Å². The quantitative estimate of drug-likeness (QED) is 0.455. The molecule has 2 aromatic heterocycles. The van der Waals surface area contributed by atoms with E-state index in [9.17, 15) is 23.1 Å². The second-order valence-corrected chi connectivity index (χ2v) is 12.2. The van der Waals surface area contributed by atoms with Crippen LogP contribution in [0.15, 0.2) is 40.6 Å². The number of anilines is 1. The lowest BCUT2D eigenvalue weighted by Crippen LogP contribution is -2.40. The number of thiophene rings is 1. The van der Waals surface area contributed by atoms with Gasteiger partial charge in [0, 0.05) is 24.3 Å². The maximum Gasteiger partial charge on any atom is 0.356 e. The zero-order valence-electron chi connectivity index (χ0n) is 20.8. The van der Waals surface area contributed by atoms with Gasteiger partial charge in [0.05, 0.1) is 23.6 Å². The number of nitrogens with zero attached hydrogens (tertiary/aromatic N) is 3. The van der Waals surface area contributed by atoms with Crippen LogP contribution in [0, 0.1) is 6.92 Å². The van der Waals surface area contributed by atoms with Crippen molar-refractivity contribution in [3.63, 3.8) is 0 Å². The van der Waals surface area contributed by atoms with Crippen LogP contribution in [-0.4, -0.2) is 65.8 Å². The third-order valence-corrected chi connectivity index (χ3v) is 8.44. The van der Waals surface area contributed by atoms with E-state index in [-0.39, 0.29) is 65.7 Å². The van der Waals surface area contributed by atoms with E-state index >= 15 is 0 Å². The fourth-order valence-corrected chi connectivity index (χ4v) is 5.93. The molecule has 198 valence electrons. The van der Waals surface area contributed by atoms with E-state index in [1.807, 2.05) is 20.8 Å². The number of carbonyl (C=O) groups excluding carboxylic acids is 1. The third-order valence-electron chi connectivity index (χ3n) is 5.65. The van der Waals surface area contributed by atoms with Crippen LogP contribution in [0.4, 0.5) is 5.69 Å². The number of benzene rings is 1. The molecule has 1 amide bonds. The van der Waals surface area contributed by atoms with Crippen molar-refractivity contribution in [1.29, 1.82) is 0 Å². The van der Waals surface area contributed by atoms with Crippen molar-refractivity contribution in [3.05, 3.63) is 51.8 Å². The average Bonchev–Trinajstić information content (AvgIpc) is 3.49. The normalized spacial score (nSPS) is 14.9. The number of aromatic carboxylic acids is 1. The van der Waals surface area contributed by atoms with Gasteiger partial charge in [0.25, 0.3) is 5.91 Å². The molecule has 0 aliphatic carbocycles. The maximum absolute atomic E-state index is 13.7. The topological polar surface area (TPSA) is 140 Å². The fraction of sp³-hybridized carbons (Fsp3) is 0.375. The molecule has 0 bridgehead atoms. The van der Waals surface area contributed by atoms with E-state index < -0.39 is 21.5 Å². The van der Waals surface area contributed by atoms with Crippen molar-refractivity contribution in [1.82, 2.24) is 14.1 Å². The first-order valence-corrected chi connectivity index (χ1v) is 13.8. The van der Waals surface area contributed by atoms with Crippen molar-refractivity contribution in [2.45, 2.75) is 38.1 Å². The molecule has 3 aromatic rings. The molecule has 13 heteroatoms. The zero-order chi connectivity index (χ0) is 27.0. The minimum absolute atomic E-state index is 0.0222. The van der Waals surface area contributed by atoms with Gasteiger partial charge in [-0.2, -0.15) is 9.40 Å². The molecule has 1 aliphatic heterocycles. The molecule has 1 saturated heterocycles. The molecule has 4 rings (SSSR count). The highest BCUT2D eigenvalue weighted by molar-refractivity contribution is 7.89. The predicted octanol–water partition coefficient (Wildman–Crippen LogP) is 3.77. The van der Waals surface area contributed by atoms with Crippen LogP contribution in [0.3, 0.4) is 0 Å². The van der Waals surface area contributed by atoms with Gasteiger partial charge in [-0.1, -0.05) is 6.07 Å². The first-order chi connectivity index (χ1) is 17.4. The number of sulfonamides is 1. The van der Waals surface area contributed by atoms with Crippen molar-refractivity contribution >= 4 is 38.9 Å². The van der Waals surface area contributed by atoms with Gasteiger partial charge < -0.3 is 19.9 Å². The Morgan fingerprint density at radius 3 is 2.49 bits per heavy atom. The van der Waals surface area contributed by atoms with Crippen molar-refractivity contribution in [3.8, 4) is 11.6 Å². The molecule has 11 nitrogen and oxygen atoms in total. The minimum Gasteiger partial charge on any atom is -0.476 e. The molecule has 2 N–H and O–H groups in total. The highest BCUT2D eigenvalue weighted by Crippen LogP contribution is 2.37. The van der Waals surface area contributed by atoms with Crippen molar-refractivity contribution in [2.24, 2.45) is 0 Å². The van der Waals surface area contributed by atoms with Gasteiger partial charge in [-0.15, -0.1) is 11.3 Å². The summed E-state index contributed by atoms with van der Waals surface area (Å²) in [5.74, 6) is -1.51. The Bertz CT molecular complexity index is 1420. The van der Waals surface area contributed by atoms with E-state index in [1.54, 1.807) is 24.4 Å². The monoisotopic (exact) mass is 548 g/mol. The van der Waals surface area contributed by atoms with Gasteiger partial charge in [-0.05, 0) is 57.3 Å². The summed E-state index contributed by atoms with van der Waals surface area (Å²) in [6.07, 6.45) is 0. The number of amides is 1. The number of carboxylic acids is 1. The Kier molecular flexibility index (Phi) is 7.42. The van der Waals surface area contributed by atoms with Crippen molar-refractivity contribution < 1.29 is 32.6 Å². The highest BCUT2D eigenvalue weighted by atomic mass is 32.2. The molecule has 1 fully saturated rings. The van der Waals surface area contributed by atoms with Crippen LogP contribution in [0.1, 0.15) is 46.5 Å². The molecule has 0 saturated carbocycles. The summed E-state index contributed by atoms with van der Waals surface area (Å²) in [7, 11) is -4.06. The first kappa shape index (κ1) is 26.8. The largest absolute Gasteiger partial charge is 0.476 e. The number of hydrogen-bond acceptors (Lipinski definition) is 8. The molecular weight excluding hydrogens is 520 g/mol. The molecule has 3 heterocycles. The van der Waals surface area contributed by atoms with Crippen molar-refractivity contribution in [2.75, 3.05) is 31.6 Å². The number of morpholine rings is 1. The molecular formula is C24H28N4O7S2. The van der Waals surface area contributed by atoms with E-state index in [2.05, 4.69) is 10.4 Å². The molecule has 1 aliphatic rings. The van der Waals surface area contributed by atoms with Gasteiger partial charge >= 0.3 is 5.97 Å². The predicted molar refractivity (Wildman–Crippen MR) is 137 cm³/mol. The van der Waals surface area contributed by atoms with Crippen LogP contribution in [0.5, 0.6) is 11.6 Å². The second-order valence-electron chi connectivity index (χ2n) is 9.38. The summed E-state index contributed by atoms with van der Waals surface area (Å²) in [6, 6.07) is 7.73. The zero-order valence-corrected chi connectivity index (χ0v) is 22.5. The summed E-state index contributed by atoms with van der Waals surface area (Å²) in [5, 5.41) is 18.3. The van der Waals surface area contributed by atoms with Gasteiger partial charge in [0.2, 0.25) is 15.9 Å². The van der Waals surface area contributed by atoms with E-state index in [0.717, 1.165) is 0 Å². The average molecular weight is 549 g/mol. The summed E-state index contributed by atoms with van der Waals surface area (Å²) in [5.41, 5.74) is -0.328. The van der Waals surface area contributed by atoms with Gasteiger partial charge in [-0.25, -0.2) is 17.9 Å². The Morgan fingerprint density at radius 2 is 1.89 bits per heavy atom. The SMILES string of the molecule is Cc1c(C(=O)O)nn(C(C)(C)C)c1Oc1ccc(NC(=O)c2cccs2)cc1S(=O)(=O)N1CCOCC1. The molecule has 1 aromatic carbocycles. The van der Waals surface area contributed by atoms with E-state index in [4.69, 9.17) is 9.47 Å². The lowest BCUT2D eigenvalue weighted by Gasteiger charge is -2.27. The number of carboxylic acid groups (broad SMARTS) is 1. The smallest absolute Gasteiger partial charge is 0.356 e. The highest BCUT2D eigenvalue weighted by Gasteiger charge is 2.33. The van der Waals surface area contributed by atoms with Crippen LogP contribution >= 0.6 is 11.3 Å². The summed E-state index contributed by atoms with van der Waals surface area (Å²) in [4.78, 5) is 24.7. The Labute approximate surface area is 218 Å². The van der Waals surface area contributed by atoms with Gasteiger partial charge in [0.15, 0.2) is 5.69 Å². The third kappa shape index (κ3) is 5.54. The summed E-state index contributed by atoms with van der Waals surface area (Å²) in [6.45, 7) is 7.86. The molecule has 0 radical (unpaired) electrons. The Hall–Kier alpha value is -3.26. The number of nitrogens with one attached hydrogen (secondary N) is 1. The van der Waals surface area contributed by atoms with Crippen LogP contribution in [0.2, 0.25) is 0 Å². The molecule has 37 heavy (non-hydrogen) atoms. The van der Waals surface area contributed by atoms with E-state index in [0.29, 0.717) is 4.88 Å². The van der Waals surface area contributed by atoms with Crippen LogP contribution in [-0.2, 0) is 20.3 Å². The fourth-order valence-electron chi connectivity index (χ4n) is 3.76. The summed E-state index contributed by atoms with van der Waals surface area (Å²) < 4.78 is 41.6. The standard InChI is InChI=1S/C24H28N4O7S2/c1-15-20(23(30)31)26-28(24(2,3)4)22(15)35-17-8-7-16(25-21(29)18-6-5-13-36-18)14-19(17)37(32,33)27-9-11-34-12-10-27/h5-8,13-14H,9-12H2,1-4H3,(H,25,29)(H,30,31). The molecule has 0 unspecified atom stereocenters.